The standard InChI is InChI=1S/C15H21F3N2S/c1-11(2)9-20(8-7-14(19)21)10-12-3-5-13(6-4-12)15(16,17)18/h3-6,11H,7-10H2,1-2H3,(H2,19,21). The Labute approximate surface area is 129 Å². The van der Waals surface area contributed by atoms with Crippen LogP contribution < -0.4 is 5.73 Å². The van der Waals surface area contributed by atoms with Crippen molar-refractivity contribution < 1.29 is 13.2 Å². The van der Waals surface area contributed by atoms with Crippen LogP contribution in [0.1, 0.15) is 31.4 Å². The van der Waals surface area contributed by atoms with Crippen molar-refractivity contribution in [2.24, 2.45) is 11.7 Å². The molecule has 0 atom stereocenters. The van der Waals surface area contributed by atoms with Crippen LogP contribution in [0.2, 0.25) is 0 Å². The molecule has 0 saturated heterocycles. The molecule has 0 spiro atoms. The van der Waals surface area contributed by atoms with Crippen LogP contribution in [0.5, 0.6) is 0 Å². The number of benzene rings is 1. The van der Waals surface area contributed by atoms with Crippen molar-refractivity contribution in [2.45, 2.75) is 33.0 Å². The Kier molecular flexibility index (Phi) is 6.61. The molecule has 1 aromatic carbocycles. The summed E-state index contributed by atoms with van der Waals surface area (Å²) in [6, 6.07) is 5.29. The molecule has 0 fully saturated rings. The number of rotatable bonds is 7. The van der Waals surface area contributed by atoms with Gasteiger partial charge in [-0.05, 0) is 23.6 Å². The van der Waals surface area contributed by atoms with E-state index in [1.165, 1.54) is 12.1 Å². The summed E-state index contributed by atoms with van der Waals surface area (Å²) in [4.78, 5) is 2.61. The summed E-state index contributed by atoms with van der Waals surface area (Å²) in [5.41, 5.74) is 5.75. The Morgan fingerprint density at radius 2 is 1.81 bits per heavy atom. The van der Waals surface area contributed by atoms with Gasteiger partial charge < -0.3 is 5.73 Å². The summed E-state index contributed by atoms with van der Waals surface area (Å²) in [6.07, 6.45) is -3.68. The highest BCUT2D eigenvalue weighted by molar-refractivity contribution is 7.80. The molecule has 21 heavy (non-hydrogen) atoms. The average Bonchev–Trinajstić information content (AvgIpc) is 2.35. The molecule has 0 aliphatic heterocycles. The molecule has 0 saturated carbocycles. The summed E-state index contributed by atoms with van der Waals surface area (Å²) in [7, 11) is 0. The molecule has 0 aromatic heterocycles. The third-order valence-electron chi connectivity index (χ3n) is 2.99. The van der Waals surface area contributed by atoms with Crippen LogP contribution in [-0.2, 0) is 12.7 Å². The first-order valence-corrected chi connectivity index (χ1v) is 7.26. The molecule has 118 valence electrons. The van der Waals surface area contributed by atoms with Crippen LogP contribution in [0.25, 0.3) is 0 Å². The number of alkyl halides is 3. The molecule has 0 aliphatic rings. The van der Waals surface area contributed by atoms with Gasteiger partial charge in [0.2, 0.25) is 0 Å². The number of hydrogen-bond acceptors (Lipinski definition) is 2. The van der Waals surface area contributed by atoms with E-state index in [0.29, 0.717) is 30.4 Å². The van der Waals surface area contributed by atoms with Gasteiger partial charge in [0.15, 0.2) is 0 Å². The summed E-state index contributed by atoms with van der Waals surface area (Å²) in [6.45, 7) is 6.36. The second kappa shape index (κ2) is 7.75. The van der Waals surface area contributed by atoms with Crippen molar-refractivity contribution in [3.05, 3.63) is 35.4 Å². The van der Waals surface area contributed by atoms with Gasteiger partial charge in [0.1, 0.15) is 0 Å². The van der Waals surface area contributed by atoms with Crippen LogP contribution in [0.3, 0.4) is 0 Å². The highest BCUT2D eigenvalue weighted by atomic mass is 32.1. The van der Waals surface area contributed by atoms with E-state index in [1.54, 1.807) is 0 Å². The lowest BCUT2D eigenvalue weighted by Crippen LogP contribution is -2.30. The molecule has 6 heteroatoms. The van der Waals surface area contributed by atoms with Crippen molar-refractivity contribution >= 4 is 17.2 Å². The van der Waals surface area contributed by atoms with E-state index in [-0.39, 0.29) is 0 Å². The quantitative estimate of drug-likeness (QED) is 0.775. The van der Waals surface area contributed by atoms with Gasteiger partial charge in [-0.25, -0.2) is 0 Å². The Balaban J connectivity index is 2.71. The normalized spacial score (nSPS) is 12.1. The zero-order valence-electron chi connectivity index (χ0n) is 12.3. The molecule has 2 nitrogen and oxygen atoms in total. The van der Waals surface area contributed by atoms with Crippen LogP contribution in [0, 0.1) is 5.92 Å². The Bertz CT molecular complexity index is 455. The molecule has 0 bridgehead atoms. The van der Waals surface area contributed by atoms with Crippen molar-refractivity contribution in [2.75, 3.05) is 13.1 Å². The predicted molar refractivity (Wildman–Crippen MR) is 83.0 cm³/mol. The van der Waals surface area contributed by atoms with Gasteiger partial charge in [0.25, 0.3) is 0 Å². The topological polar surface area (TPSA) is 29.3 Å². The lowest BCUT2D eigenvalue weighted by molar-refractivity contribution is -0.137. The zero-order chi connectivity index (χ0) is 16.0. The van der Waals surface area contributed by atoms with Crippen molar-refractivity contribution in [3.63, 3.8) is 0 Å². The van der Waals surface area contributed by atoms with Gasteiger partial charge in [-0.15, -0.1) is 0 Å². The average molecular weight is 318 g/mol. The van der Waals surface area contributed by atoms with Gasteiger partial charge >= 0.3 is 6.18 Å². The fourth-order valence-corrected chi connectivity index (χ4v) is 2.17. The maximum Gasteiger partial charge on any atom is 0.416 e. The molecule has 0 aliphatic carbocycles. The number of nitrogens with two attached hydrogens (primary N) is 1. The molecular formula is C15H21F3N2S. The van der Waals surface area contributed by atoms with Crippen molar-refractivity contribution in [3.8, 4) is 0 Å². The van der Waals surface area contributed by atoms with Gasteiger partial charge in [0.05, 0.1) is 10.6 Å². The SMILES string of the molecule is CC(C)CN(CCC(N)=S)Cc1ccc(C(F)(F)F)cc1. The van der Waals surface area contributed by atoms with E-state index in [0.717, 1.165) is 24.2 Å². The maximum atomic E-state index is 12.5. The Hall–Kier alpha value is -1.14. The fourth-order valence-electron chi connectivity index (χ4n) is 2.08. The largest absolute Gasteiger partial charge is 0.416 e. The molecule has 1 rings (SSSR count). The van der Waals surface area contributed by atoms with E-state index < -0.39 is 11.7 Å². The lowest BCUT2D eigenvalue weighted by Gasteiger charge is -2.24. The first kappa shape index (κ1) is 17.9. The predicted octanol–water partition coefficient (Wildman–Crippen LogP) is 3.84. The highest BCUT2D eigenvalue weighted by Crippen LogP contribution is 2.29. The zero-order valence-corrected chi connectivity index (χ0v) is 13.1. The minimum absolute atomic E-state index is 0.455. The Morgan fingerprint density at radius 1 is 1.24 bits per heavy atom. The summed E-state index contributed by atoms with van der Waals surface area (Å²) in [5, 5.41) is 0. The summed E-state index contributed by atoms with van der Waals surface area (Å²) >= 11 is 4.88. The maximum absolute atomic E-state index is 12.5. The van der Waals surface area contributed by atoms with E-state index in [4.69, 9.17) is 18.0 Å². The van der Waals surface area contributed by atoms with Crippen molar-refractivity contribution in [1.82, 2.24) is 4.90 Å². The van der Waals surface area contributed by atoms with Gasteiger partial charge in [-0.1, -0.05) is 38.2 Å². The highest BCUT2D eigenvalue weighted by Gasteiger charge is 2.29. The number of thiocarbonyl (C=S) groups is 1. The van der Waals surface area contributed by atoms with Gasteiger partial charge in [0, 0.05) is 26.1 Å². The first-order valence-electron chi connectivity index (χ1n) is 6.85. The summed E-state index contributed by atoms with van der Waals surface area (Å²) in [5.74, 6) is 0.464. The lowest BCUT2D eigenvalue weighted by atomic mass is 10.1. The molecule has 0 amide bonds. The first-order chi connectivity index (χ1) is 9.68. The van der Waals surface area contributed by atoms with Crippen LogP contribution in [0.4, 0.5) is 13.2 Å². The van der Waals surface area contributed by atoms with Crippen LogP contribution >= 0.6 is 12.2 Å². The van der Waals surface area contributed by atoms with Crippen molar-refractivity contribution in [1.29, 1.82) is 0 Å². The van der Waals surface area contributed by atoms with E-state index >= 15 is 0 Å². The van der Waals surface area contributed by atoms with E-state index in [9.17, 15) is 13.2 Å². The molecule has 0 unspecified atom stereocenters. The molecule has 0 radical (unpaired) electrons. The number of halogens is 3. The summed E-state index contributed by atoms with van der Waals surface area (Å²) < 4.78 is 37.6. The van der Waals surface area contributed by atoms with Gasteiger partial charge in [-0.3, -0.25) is 4.90 Å². The smallest absolute Gasteiger partial charge is 0.393 e. The third-order valence-corrected chi connectivity index (χ3v) is 3.19. The van der Waals surface area contributed by atoms with E-state index in [1.807, 2.05) is 0 Å². The molecule has 2 N–H and O–H groups in total. The minimum Gasteiger partial charge on any atom is -0.393 e. The molecular weight excluding hydrogens is 297 g/mol. The second-order valence-corrected chi connectivity index (χ2v) is 6.06. The number of nitrogens with zero attached hydrogens (tertiary/aromatic N) is 1. The van der Waals surface area contributed by atoms with Crippen LogP contribution in [0.15, 0.2) is 24.3 Å². The monoisotopic (exact) mass is 318 g/mol. The minimum atomic E-state index is -4.29. The third kappa shape index (κ3) is 6.91. The molecule has 1 aromatic rings. The van der Waals surface area contributed by atoms with Gasteiger partial charge in [-0.2, -0.15) is 13.2 Å². The fraction of sp³-hybridized carbons (Fsp3) is 0.533. The van der Waals surface area contributed by atoms with Crippen LogP contribution in [-0.4, -0.2) is 23.0 Å². The van der Waals surface area contributed by atoms with E-state index in [2.05, 4.69) is 18.7 Å². The Morgan fingerprint density at radius 3 is 2.24 bits per heavy atom. The second-order valence-electron chi connectivity index (χ2n) is 5.54. The number of hydrogen-bond donors (Lipinski definition) is 1. The molecule has 0 heterocycles.